The van der Waals surface area contributed by atoms with Gasteiger partial charge in [-0.15, -0.1) is 11.6 Å². The van der Waals surface area contributed by atoms with Crippen LogP contribution in [-0.4, -0.2) is 32.0 Å². The molecule has 0 fully saturated rings. The lowest BCUT2D eigenvalue weighted by Gasteiger charge is -2.07. The van der Waals surface area contributed by atoms with Gasteiger partial charge < -0.3 is 5.32 Å². The van der Waals surface area contributed by atoms with Crippen LogP contribution in [0.1, 0.15) is 18.9 Å². The predicted octanol–water partition coefficient (Wildman–Crippen LogP) is 1.73. The maximum absolute atomic E-state index is 11.8. The summed E-state index contributed by atoms with van der Waals surface area (Å²) in [6, 6.07) is 9.04. The molecule has 1 N–H and O–H groups in total. The summed E-state index contributed by atoms with van der Waals surface area (Å²) in [4.78, 5) is 11.2. The quantitative estimate of drug-likeness (QED) is 0.616. The second-order valence-electron chi connectivity index (χ2n) is 4.34. The van der Waals surface area contributed by atoms with Gasteiger partial charge in [-0.25, -0.2) is 8.42 Å². The lowest BCUT2D eigenvalue weighted by atomic mass is 10.2. The van der Waals surface area contributed by atoms with Crippen molar-refractivity contribution in [2.45, 2.75) is 24.5 Å². The van der Waals surface area contributed by atoms with Gasteiger partial charge in [0, 0.05) is 6.54 Å². The molecule has 0 heterocycles. The smallest absolute Gasteiger partial charge is 0.237 e. The van der Waals surface area contributed by atoms with Crippen molar-refractivity contribution in [2.75, 3.05) is 12.3 Å². The van der Waals surface area contributed by atoms with Crippen LogP contribution in [-0.2, 0) is 20.4 Å². The highest BCUT2D eigenvalue weighted by Gasteiger charge is 2.12. The van der Waals surface area contributed by atoms with E-state index in [9.17, 15) is 13.2 Å². The van der Waals surface area contributed by atoms with Gasteiger partial charge in [-0.1, -0.05) is 30.3 Å². The first-order chi connectivity index (χ1) is 8.91. The highest BCUT2D eigenvalue weighted by Crippen LogP contribution is 2.07. The van der Waals surface area contributed by atoms with Crippen LogP contribution in [0.15, 0.2) is 30.3 Å². The average Bonchev–Trinajstić information content (AvgIpc) is 2.35. The summed E-state index contributed by atoms with van der Waals surface area (Å²) in [7, 11) is -3.14. The number of hydrogen-bond donors (Lipinski definition) is 1. The molecule has 0 aliphatic rings. The number of benzene rings is 1. The lowest BCUT2D eigenvalue weighted by molar-refractivity contribution is -0.120. The van der Waals surface area contributed by atoms with Gasteiger partial charge >= 0.3 is 0 Å². The van der Waals surface area contributed by atoms with Crippen LogP contribution in [0.3, 0.4) is 0 Å². The van der Waals surface area contributed by atoms with E-state index in [1.165, 1.54) is 0 Å². The fourth-order valence-electron chi connectivity index (χ4n) is 1.54. The van der Waals surface area contributed by atoms with E-state index in [2.05, 4.69) is 5.32 Å². The molecule has 4 nitrogen and oxygen atoms in total. The largest absolute Gasteiger partial charge is 0.355 e. The summed E-state index contributed by atoms with van der Waals surface area (Å²) in [5.74, 6) is -0.186. The van der Waals surface area contributed by atoms with E-state index in [-0.39, 0.29) is 17.4 Å². The SMILES string of the molecule is CC(Cl)C(=O)NCCCS(=O)(=O)Cc1ccccc1. The summed E-state index contributed by atoms with van der Waals surface area (Å²) in [5.41, 5.74) is 0.779. The van der Waals surface area contributed by atoms with Gasteiger partial charge in [-0.3, -0.25) is 4.79 Å². The van der Waals surface area contributed by atoms with Crippen molar-refractivity contribution in [3.8, 4) is 0 Å². The van der Waals surface area contributed by atoms with Gasteiger partial charge in [0.2, 0.25) is 5.91 Å². The Morgan fingerprint density at radius 3 is 2.53 bits per heavy atom. The Labute approximate surface area is 119 Å². The monoisotopic (exact) mass is 303 g/mol. The molecule has 1 amide bonds. The number of nitrogens with one attached hydrogen (secondary N) is 1. The van der Waals surface area contributed by atoms with Gasteiger partial charge in [-0.05, 0) is 18.9 Å². The third-order valence-electron chi connectivity index (χ3n) is 2.52. The Bertz CT molecular complexity index is 500. The summed E-state index contributed by atoms with van der Waals surface area (Å²) in [6.07, 6.45) is 0.393. The molecule has 0 aromatic heterocycles. The van der Waals surface area contributed by atoms with E-state index in [1.54, 1.807) is 19.1 Å². The summed E-state index contributed by atoms with van der Waals surface area (Å²) < 4.78 is 23.7. The molecule has 6 heteroatoms. The molecule has 1 unspecified atom stereocenters. The number of alkyl halides is 1. The summed E-state index contributed by atoms with van der Waals surface area (Å²) in [5, 5.41) is 1.99. The molecule has 0 aliphatic carbocycles. The molecular weight excluding hydrogens is 286 g/mol. The number of hydrogen-bond acceptors (Lipinski definition) is 3. The van der Waals surface area contributed by atoms with Crippen molar-refractivity contribution in [1.82, 2.24) is 5.32 Å². The van der Waals surface area contributed by atoms with Crippen LogP contribution in [0.25, 0.3) is 0 Å². The Balaban J connectivity index is 2.34. The normalized spacial score (nSPS) is 12.9. The zero-order valence-corrected chi connectivity index (χ0v) is 12.4. The van der Waals surface area contributed by atoms with E-state index in [0.29, 0.717) is 13.0 Å². The van der Waals surface area contributed by atoms with Gasteiger partial charge in [0.25, 0.3) is 0 Å². The number of carbonyl (C=O) groups is 1. The third-order valence-corrected chi connectivity index (χ3v) is 4.40. The average molecular weight is 304 g/mol. The molecule has 1 aromatic rings. The van der Waals surface area contributed by atoms with Crippen LogP contribution in [0.4, 0.5) is 0 Å². The molecule has 0 radical (unpaired) electrons. The highest BCUT2D eigenvalue weighted by atomic mass is 35.5. The van der Waals surface area contributed by atoms with Gasteiger partial charge in [0.05, 0.1) is 11.5 Å². The second kappa shape index (κ2) is 7.50. The predicted molar refractivity (Wildman–Crippen MR) is 76.9 cm³/mol. The molecular formula is C13H18ClNO3S. The second-order valence-corrected chi connectivity index (χ2v) is 7.18. The van der Waals surface area contributed by atoms with Crippen molar-refractivity contribution >= 4 is 27.3 Å². The molecule has 1 aromatic carbocycles. The maximum Gasteiger partial charge on any atom is 0.237 e. The van der Waals surface area contributed by atoms with Crippen molar-refractivity contribution in [3.05, 3.63) is 35.9 Å². The minimum atomic E-state index is -3.14. The summed E-state index contributed by atoms with van der Waals surface area (Å²) in [6.45, 7) is 1.90. The van der Waals surface area contributed by atoms with E-state index in [0.717, 1.165) is 5.56 Å². The highest BCUT2D eigenvalue weighted by molar-refractivity contribution is 7.90. The lowest BCUT2D eigenvalue weighted by Crippen LogP contribution is -2.31. The Morgan fingerprint density at radius 1 is 1.32 bits per heavy atom. The number of rotatable bonds is 7. The van der Waals surface area contributed by atoms with Crippen molar-refractivity contribution in [1.29, 1.82) is 0 Å². The number of amides is 1. The van der Waals surface area contributed by atoms with E-state index in [4.69, 9.17) is 11.6 Å². The fourth-order valence-corrected chi connectivity index (χ4v) is 3.05. The van der Waals surface area contributed by atoms with E-state index in [1.807, 2.05) is 18.2 Å². The zero-order chi connectivity index (χ0) is 14.3. The molecule has 0 bridgehead atoms. The van der Waals surface area contributed by atoms with E-state index >= 15 is 0 Å². The molecule has 0 aliphatic heterocycles. The van der Waals surface area contributed by atoms with Crippen LogP contribution >= 0.6 is 11.6 Å². The van der Waals surface area contributed by atoms with Gasteiger partial charge in [0.15, 0.2) is 9.84 Å². The van der Waals surface area contributed by atoms with Crippen LogP contribution in [0.2, 0.25) is 0 Å². The molecule has 106 valence electrons. The van der Waals surface area contributed by atoms with Crippen LogP contribution in [0, 0.1) is 0 Å². The molecule has 0 saturated heterocycles. The van der Waals surface area contributed by atoms with Crippen molar-refractivity contribution in [3.63, 3.8) is 0 Å². The zero-order valence-electron chi connectivity index (χ0n) is 10.8. The molecule has 0 spiro atoms. The Hall–Kier alpha value is -1.07. The van der Waals surface area contributed by atoms with Crippen LogP contribution in [0.5, 0.6) is 0 Å². The number of halogens is 1. The molecule has 1 atom stereocenters. The third kappa shape index (κ3) is 6.59. The Morgan fingerprint density at radius 2 is 1.95 bits per heavy atom. The summed E-state index contributed by atoms with van der Waals surface area (Å²) >= 11 is 5.57. The topological polar surface area (TPSA) is 63.2 Å². The first-order valence-electron chi connectivity index (χ1n) is 6.07. The molecule has 1 rings (SSSR count). The minimum Gasteiger partial charge on any atom is -0.355 e. The minimum absolute atomic E-state index is 0.0354. The first-order valence-corrected chi connectivity index (χ1v) is 8.32. The van der Waals surface area contributed by atoms with Gasteiger partial charge in [-0.2, -0.15) is 0 Å². The standard InChI is InChI=1S/C13H18ClNO3S/c1-11(14)13(16)15-8-5-9-19(17,18)10-12-6-3-2-4-7-12/h2-4,6-7,11H,5,8-10H2,1H3,(H,15,16). The molecule has 0 saturated carbocycles. The number of carbonyl (C=O) groups excluding carboxylic acids is 1. The van der Waals surface area contributed by atoms with E-state index < -0.39 is 15.2 Å². The van der Waals surface area contributed by atoms with Gasteiger partial charge in [0.1, 0.15) is 5.38 Å². The first kappa shape index (κ1) is 16.0. The van der Waals surface area contributed by atoms with Crippen molar-refractivity contribution in [2.24, 2.45) is 0 Å². The van der Waals surface area contributed by atoms with Crippen LogP contribution < -0.4 is 5.32 Å². The Kier molecular flexibility index (Phi) is 6.31. The maximum atomic E-state index is 11.8. The number of sulfone groups is 1. The molecule has 19 heavy (non-hydrogen) atoms. The van der Waals surface area contributed by atoms with Crippen molar-refractivity contribution < 1.29 is 13.2 Å². The fraction of sp³-hybridized carbons (Fsp3) is 0.462.